The van der Waals surface area contributed by atoms with Crippen molar-refractivity contribution in [3.05, 3.63) is 22.8 Å². The van der Waals surface area contributed by atoms with E-state index in [0.717, 1.165) is 19.5 Å². The Morgan fingerprint density at radius 2 is 2.42 bits per heavy atom. The van der Waals surface area contributed by atoms with Crippen molar-refractivity contribution in [1.82, 2.24) is 15.2 Å². The number of hydrogen-bond donors (Lipinski definition) is 2. The predicted octanol–water partition coefficient (Wildman–Crippen LogP) is 1.46. The minimum atomic E-state index is -0.140. The van der Waals surface area contributed by atoms with Crippen LogP contribution in [0.4, 0.5) is 5.82 Å². The van der Waals surface area contributed by atoms with Gasteiger partial charge in [0.05, 0.1) is 10.6 Å². The zero-order valence-electron chi connectivity index (χ0n) is 11.2. The summed E-state index contributed by atoms with van der Waals surface area (Å²) in [6, 6.07) is 1.67. The second-order valence-electron chi connectivity index (χ2n) is 4.93. The first-order valence-corrected chi connectivity index (χ1v) is 6.78. The summed E-state index contributed by atoms with van der Waals surface area (Å²) in [6.45, 7) is 2.82. The fourth-order valence-electron chi connectivity index (χ4n) is 2.27. The van der Waals surface area contributed by atoms with Crippen molar-refractivity contribution in [3.63, 3.8) is 0 Å². The Morgan fingerprint density at radius 1 is 1.63 bits per heavy atom. The molecule has 2 heterocycles. The van der Waals surface area contributed by atoms with Crippen molar-refractivity contribution < 1.29 is 4.79 Å². The van der Waals surface area contributed by atoms with Crippen LogP contribution in [0.15, 0.2) is 12.3 Å². The van der Waals surface area contributed by atoms with E-state index in [0.29, 0.717) is 28.9 Å². The highest BCUT2D eigenvalue weighted by Gasteiger charge is 2.20. The van der Waals surface area contributed by atoms with Crippen molar-refractivity contribution in [2.75, 3.05) is 39.0 Å². The molecule has 1 amide bonds. The fourth-order valence-corrected chi connectivity index (χ4v) is 2.46. The smallest absolute Gasteiger partial charge is 0.253 e. The third-order valence-electron chi connectivity index (χ3n) is 3.40. The number of aromatic nitrogens is 1. The normalized spacial score (nSPS) is 19.4. The van der Waals surface area contributed by atoms with Crippen LogP contribution >= 0.6 is 11.6 Å². The number of rotatable bonds is 4. The molecule has 0 spiro atoms. The maximum absolute atomic E-state index is 12.1. The zero-order valence-corrected chi connectivity index (χ0v) is 12.0. The predicted molar refractivity (Wildman–Crippen MR) is 76.7 cm³/mol. The molecule has 5 nitrogen and oxygen atoms in total. The molecule has 1 atom stereocenters. The summed E-state index contributed by atoms with van der Waals surface area (Å²) < 4.78 is 0. The van der Waals surface area contributed by atoms with Gasteiger partial charge in [-0.15, -0.1) is 0 Å². The molecule has 19 heavy (non-hydrogen) atoms. The molecule has 0 radical (unpaired) electrons. The van der Waals surface area contributed by atoms with Gasteiger partial charge in [0.2, 0.25) is 0 Å². The molecular weight excluding hydrogens is 264 g/mol. The van der Waals surface area contributed by atoms with Crippen molar-refractivity contribution in [1.29, 1.82) is 0 Å². The van der Waals surface area contributed by atoms with Gasteiger partial charge < -0.3 is 15.5 Å². The van der Waals surface area contributed by atoms with E-state index >= 15 is 0 Å². The summed E-state index contributed by atoms with van der Waals surface area (Å²) in [5, 5.41) is 6.22. The lowest BCUT2D eigenvalue weighted by atomic mass is 10.1. The van der Waals surface area contributed by atoms with E-state index in [2.05, 4.69) is 27.6 Å². The number of carbonyl (C=O) groups excluding carboxylic acids is 1. The van der Waals surface area contributed by atoms with Gasteiger partial charge in [-0.25, -0.2) is 4.98 Å². The molecule has 0 aromatic carbocycles. The summed E-state index contributed by atoms with van der Waals surface area (Å²) in [7, 11) is 3.85. The van der Waals surface area contributed by atoms with Crippen LogP contribution in [0.25, 0.3) is 0 Å². The maximum Gasteiger partial charge on any atom is 0.253 e. The molecule has 1 unspecified atom stereocenters. The van der Waals surface area contributed by atoms with E-state index < -0.39 is 0 Å². The first-order chi connectivity index (χ1) is 9.10. The second kappa shape index (κ2) is 6.21. The molecule has 1 aliphatic rings. The topological polar surface area (TPSA) is 57.3 Å². The minimum Gasteiger partial charge on any atom is -0.373 e. The highest BCUT2D eigenvalue weighted by atomic mass is 35.5. The van der Waals surface area contributed by atoms with Crippen molar-refractivity contribution >= 4 is 23.3 Å². The summed E-state index contributed by atoms with van der Waals surface area (Å²) >= 11 is 6.01. The number of carbonyl (C=O) groups is 1. The number of halogens is 1. The zero-order chi connectivity index (χ0) is 13.8. The molecule has 1 aromatic heterocycles. The molecular formula is C13H19ClN4O. The van der Waals surface area contributed by atoms with Crippen LogP contribution < -0.4 is 10.6 Å². The standard InChI is InChI=1S/C13H19ClN4O/c1-15-12-5-10(11(14)7-16-12)13(19)17-6-9-3-4-18(2)8-9/h5,7,9H,3-4,6,8H2,1-2H3,(H,15,16)(H,17,19). The average Bonchev–Trinajstić information content (AvgIpc) is 2.82. The first kappa shape index (κ1) is 14.1. The van der Waals surface area contributed by atoms with Gasteiger partial charge in [-0.05, 0) is 32.0 Å². The van der Waals surface area contributed by atoms with Crippen LogP contribution in [0, 0.1) is 5.92 Å². The number of nitrogens with zero attached hydrogens (tertiary/aromatic N) is 2. The van der Waals surface area contributed by atoms with Crippen LogP contribution in [-0.4, -0.2) is 49.5 Å². The Morgan fingerprint density at radius 3 is 3.05 bits per heavy atom. The molecule has 1 aliphatic heterocycles. The van der Waals surface area contributed by atoms with Gasteiger partial charge in [0.25, 0.3) is 5.91 Å². The molecule has 104 valence electrons. The van der Waals surface area contributed by atoms with Crippen LogP contribution in [0.1, 0.15) is 16.8 Å². The first-order valence-electron chi connectivity index (χ1n) is 6.40. The van der Waals surface area contributed by atoms with Gasteiger partial charge >= 0.3 is 0 Å². The van der Waals surface area contributed by atoms with E-state index in [4.69, 9.17) is 11.6 Å². The lowest BCUT2D eigenvalue weighted by molar-refractivity contribution is 0.0947. The van der Waals surface area contributed by atoms with Crippen molar-refractivity contribution in [2.45, 2.75) is 6.42 Å². The van der Waals surface area contributed by atoms with E-state index in [9.17, 15) is 4.79 Å². The third kappa shape index (κ3) is 3.58. The number of anilines is 1. The second-order valence-corrected chi connectivity index (χ2v) is 5.33. The fraction of sp³-hybridized carbons (Fsp3) is 0.538. The Labute approximate surface area is 118 Å². The quantitative estimate of drug-likeness (QED) is 0.878. The Bertz CT molecular complexity index is 466. The van der Waals surface area contributed by atoms with E-state index in [-0.39, 0.29) is 5.91 Å². The van der Waals surface area contributed by atoms with Crippen LogP contribution in [0.5, 0.6) is 0 Å². The van der Waals surface area contributed by atoms with Crippen LogP contribution in [-0.2, 0) is 0 Å². The van der Waals surface area contributed by atoms with Gasteiger partial charge in [-0.3, -0.25) is 4.79 Å². The summed E-state index contributed by atoms with van der Waals surface area (Å²) in [4.78, 5) is 18.4. The third-order valence-corrected chi connectivity index (χ3v) is 3.70. The molecule has 0 saturated carbocycles. The van der Waals surface area contributed by atoms with Gasteiger partial charge in [-0.1, -0.05) is 11.6 Å². The Balaban J connectivity index is 1.96. The minimum absolute atomic E-state index is 0.140. The lowest BCUT2D eigenvalue weighted by Crippen LogP contribution is -2.30. The summed E-state index contributed by atoms with van der Waals surface area (Å²) in [6.07, 6.45) is 2.62. The summed E-state index contributed by atoms with van der Waals surface area (Å²) in [5.74, 6) is 1.02. The summed E-state index contributed by atoms with van der Waals surface area (Å²) in [5.41, 5.74) is 0.465. The van der Waals surface area contributed by atoms with Crippen molar-refractivity contribution in [3.8, 4) is 0 Å². The van der Waals surface area contributed by atoms with Crippen LogP contribution in [0.3, 0.4) is 0 Å². The van der Waals surface area contributed by atoms with Gasteiger partial charge in [-0.2, -0.15) is 0 Å². The lowest BCUT2D eigenvalue weighted by Gasteiger charge is -2.12. The number of hydrogen-bond acceptors (Lipinski definition) is 4. The SMILES string of the molecule is CNc1cc(C(=O)NCC2CCN(C)C2)c(Cl)cn1. The molecule has 0 bridgehead atoms. The average molecular weight is 283 g/mol. The highest BCUT2D eigenvalue weighted by Crippen LogP contribution is 2.18. The molecule has 1 saturated heterocycles. The van der Waals surface area contributed by atoms with Gasteiger partial charge in [0.15, 0.2) is 0 Å². The van der Waals surface area contributed by atoms with E-state index in [1.165, 1.54) is 6.20 Å². The highest BCUT2D eigenvalue weighted by molar-refractivity contribution is 6.33. The van der Waals surface area contributed by atoms with Crippen LogP contribution in [0.2, 0.25) is 5.02 Å². The monoisotopic (exact) mass is 282 g/mol. The number of likely N-dealkylation sites (tertiary alicyclic amines) is 1. The number of pyridine rings is 1. The number of amides is 1. The molecule has 2 rings (SSSR count). The van der Waals surface area contributed by atoms with E-state index in [1.807, 2.05) is 0 Å². The van der Waals surface area contributed by atoms with Crippen molar-refractivity contribution in [2.24, 2.45) is 5.92 Å². The Hall–Kier alpha value is -1.33. The molecule has 1 fully saturated rings. The largest absolute Gasteiger partial charge is 0.373 e. The van der Waals surface area contributed by atoms with E-state index in [1.54, 1.807) is 13.1 Å². The van der Waals surface area contributed by atoms with Gasteiger partial charge in [0.1, 0.15) is 5.82 Å². The Kier molecular flexibility index (Phi) is 4.61. The molecule has 0 aliphatic carbocycles. The molecule has 6 heteroatoms. The maximum atomic E-state index is 12.1. The number of nitrogens with one attached hydrogen (secondary N) is 2. The molecule has 2 N–H and O–H groups in total. The molecule has 1 aromatic rings. The van der Waals surface area contributed by atoms with Gasteiger partial charge in [0, 0.05) is 26.3 Å².